The van der Waals surface area contributed by atoms with Crippen LogP contribution < -0.4 is 10.2 Å². The van der Waals surface area contributed by atoms with E-state index in [9.17, 15) is 9.59 Å². The van der Waals surface area contributed by atoms with Crippen molar-refractivity contribution in [3.05, 3.63) is 28.2 Å². The molecule has 19 heavy (non-hydrogen) atoms. The molecule has 1 aliphatic rings. The fourth-order valence-electron chi connectivity index (χ4n) is 2.22. The molecule has 1 saturated heterocycles. The average molecular weight is 325 g/mol. The van der Waals surface area contributed by atoms with E-state index in [4.69, 9.17) is 0 Å². The molecule has 1 N–H and O–H groups in total. The van der Waals surface area contributed by atoms with Gasteiger partial charge in [0.2, 0.25) is 5.91 Å². The second-order valence-corrected chi connectivity index (χ2v) is 6.23. The largest absolute Gasteiger partial charge is 0.342 e. The molecule has 0 atom stereocenters. The molecule has 0 unspecified atom stereocenters. The van der Waals surface area contributed by atoms with Gasteiger partial charge in [-0.3, -0.25) is 9.59 Å². The monoisotopic (exact) mass is 324 g/mol. The zero-order chi connectivity index (χ0) is 14.2. The number of benzene rings is 1. The number of amides is 2. The zero-order valence-corrected chi connectivity index (χ0v) is 12.9. The first-order chi connectivity index (χ1) is 8.81. The first kappa shape index (κ1) is 14.1. The van der Waals surface area contributed by atoms with Gasteiger partial charge in [-0.2, -0.15) is 0 Å². The molecular formula is C14H17BrN2O2. The Labute approximate surface area is 121 Å². The number of carbonyl (C=O) groups excluding carboxylic acids is 2. The molecule has 1 fully saturated rings. The fraction of sp³-hybridized carbons (Fsp3) is 0.429. The third-order valence-electron chi connectivity index (χ3n) is 3.26. The summed E-state index contributed by atoms with van der Waals surface area (Å²) in [5, 5.41) is 2.76. The SMILES string of the molecule is Cc1ccc(Br)cc1N1CCC(=O)NC(C)(C)C1=O. The van der Waals surface area contributed by atoms with Crippen LogP contribution in [0, 0.1) is 6.92 Å². The van der Waals surface area contributed by atoms with E-state index in [-0.39, 0.29) is 11.8 Å². The van der Waals surface area contributed by atoms with E-state index >= 15 is 0 Å². The van der Waals surface area contributed by atoms with E-state index in [1.807, 2.05) is 25.1 Å². The van der Waals surface area contributed by atoms with Crippen LogP contribution in [0.5, 0.6) is 0 Å². The topological polar surface area (TPSA) is 49.4 Å². The lowest BCUT2D eigenvalue weighted by molar-refractivity contribution is -0.128. The van der Waals surface area contributed by atoms with Crippen LogP contribution in [-0.4, -0.2) is 23.9 Å². The maximum absolute atomic E-state index is 12.6. The molecule has 0 spiro atoms. The third kappa shape index (κ3) is 2.81. The van der Waals surface area contributed by atoms with Crippen molar-refractivity contribution in [1.82, 2.24) is 5.32 Å². The van der Waals surface area contributed by atoms with Crippen molar-refractivity contribution >= 4 is 33.4 Å². The Hall–Kier alpha value is -1.36. The maximum atomic E-state index is 12.6. The van der Waals surface area contributed by atoms with E-state index in [1.165, 1.54) is 0 Å². The Morgan fingerprint density at radius 1 is 1.32 bits per heavy atom. The van der Waals surface area contributed by atoms with Crippen LogP contribution in [-0.2, 0) is 9.59 Å². The van der Waals surface area contributed by atoms with Gasteiger partial charge in [-0.25, -0.2) is 0 Å². The second-order valence-electron chi connectivity index (χ2n) is 5.31. The number of anilines is 1. The highest BCUT2D eigenvalue weighted by Gasteiger charge is 2.37. The van der Waals surface area contributed by atoms with Gasteiger partial charge in [0, 0.05) is 23.1 Å². The molecule has 0 radical (unpaired) electrons. The lowest BCUT2D eigenvalue weighted by Crippen LogP contribution is -2.53. The van der Waals surface area contributed by atoms with Crippen LogP contribution in [0.2, 0.25) is 0 Å². The van der Waals surface area contributed by atoms with Crippen molar-refractivity contribution in [1.29, 1.82) is 0 Å². The standard InChI is InChI=1S/C14H17BrN2O2/c1-9-4-5-10(15)8-11(9)17-7-6-12(18)16-14(2,3)13(17)19/h4-5,8H,6-7H2,1-3H3,(H,16,18). The first-order valence-electron chi connectivity index (χ1n) is 6.20. The van der Waals surface area contributed by atoms with Gasteiger partial charge in [-0.1, -0.05) is 22.0 Å². The third-order valence-corrected chi connectivity index (χ3v) is 3.75. The van der Waals surface area contributed by atoms with Crippen molar-refractivity contribution in [2.24, 2.45) is 0 Å². The number of hydrogen-bond donors (Lipinski definition) is 1. The van der Waals surface area contributed by atoms with Gasteiger partial charge in [0.15, 0.2) is 0 Å². The van der Waals surface area contributed by atoms with E-state index in [1.54, 1.807) is 18.7 Å². The van der Waals surface area contributed by atoms with Crippen LogP contribution >= 0.6 is 15.9 Å². The Balaban J connectivity index is 2.45. The van der Waals surface area contributed by atoms with Crippen LogP contribution in [0.4, 0.5) is 5.69 Å². The Kier molecular flexibility index (Phi) is 3.67. The van der Waals surface area contributed by atoms with Gasteiger partial charge in [0.1, 0.15) is 5.54 Å². The van der Waals surface area contributed by atoms with Gasteiger partial charge >= 0.3 is 0 Å². The van der Waals surface area contributed by atoms with E-state index < -0.39 is 5.54 Å². The molecule has 5 heteroatoms. The molecule has 0 saturated carbocycles. The first-order valence-corrected chi connectivity index (χ1v) is 7.00. The van der Waals surface area contributed by atoms with E-state index in [2.05, 4.69) is 21.2 Å². The molecule has 0 bridgehead atoms. The number of hydrogen-bond acceptors (Lipinski definition) is 2. The minimum Gasteiger partial charge on any atom is -0.342 e. The Morgan fingerprint density at radius 2 is 2.00 bits per heavy atom. The van der Waals surface area contributed by atoms with Crippen molar-refractivity contribution in [3.63, 3.8) is 0 Å². The van der Waals surface area contributed by atoms with E-state index in [0.717, 1.165) is 15.7 Å². The molecule has 1 aromatic carbocycles. The predicted molar refractivity (Wildman–Crippen MR) is 78.1 cm³/mol. The van der Waals surface area contributed by atoms with Gasteiger partial charge in [0.05, 0.1) is 0 Å². The second kappa shape index (κ2) is 4.96. The fourth-order valence-corrected chi connectivity index (χ4v) is 2.57. The number of nitrogens with one attached hydrogen (secondary N) is 1. The molecule has 0 aliphatic carbocycles. The highest BCUT2D eigenvalue weighted by molar-refractivity contribution is 9.10. The van der Waals surface area contributed by atoms with Crippen molar-refractivity contribution in [2.75, 3.05) is 11.4 Å². The highest BCUT2D eigenvalue weighted by atomic mass is 79.9. The molecule has 1 aliphatic heterocycles. The summed E-state index contributed by atoms with van der Waals surface area (Å²) in [4.78, 5) is 25.9. The maximum Gasteiger partial charge on any atom is 0.252 e. The van der Waals surface area contributed by atoms with Gasteiger partial charge in [-0.05, 0) is 38.5 Å². The number of nitrogens with zero attached hydrogens (tertiary/aromatic N) is 1. The smallest absolute Gasteiger partial charge is 0.252 e. The summed E-state index contributed by atoms with van der Waals surface area (Å²) >= 11 is 3.42. The van der Waals surface area contributed by atoms with Crippen LogP contribution in [0.25, 0.3) is 0 Å². The lowest BCUT2D eigenvalue weighted by Gasteiger charge is -2.29. The van der Waals surface area contributed by atoms with Gasteiger partial charge in [-0.15, -0.1) is 0 Å². The van der Waals surface area contributed by atoms with Crippen molar-refractivity contribution in [3.8, 4) is 0 Å². The van der Waals surface area contributed by atoms with Gasteiger partial charge < -0.3 is 10.2 Å². The molecule has 1 heterocycles. The highest BCUT2D eigenvalue weighted by Crippen LogP contribution is 2.28. The summed E-state index contributed by atoms with van der Waals surface area (Å²) in [5.41, 5.74) is 0.994. The predicted octanol–water partition coefficient (Wildman–Crippen LogP) is 2.39. The molecule has 0 aromatic heterocycles. The Bertz CT molecular complexity index is 540. The van der Waals surface area contributed by atoms with Gasteiger partial charge in [0.25, 0.3) is 5.91 Å². The van der Waals surface area contributed by atoms with Crippen LogP contribution in [0.1, 0.15) is 25.8 Å². The summed E-state index contributed by atoms with van der Waals surface area (Å²) in [6, 6.07) is 5.81. The summed E-state index contributed by atoms with van der Waals surface area (Å²) in [6.07, 6.45) is 0.321. The summed E-state index contributed by atoms with van der Waals surface area (Å²) in [5.74, 6) is -0.173. The minimum atomic E-state index is -0.873. The van der Waals surface area contributed by atoms with E-state index in [0.29, 0.717) is 13.0 Å². The normalized spacial score (nSPS) is 19.1. The van der Waals surface area contributed by atoms with Crippen LogP contribution in [0.15, 0.2) is 22.7 Å². The molecule has 102 valence electrons. The zero-order valence-electron chi connectivity index (χ0n) is 11.3. The van der Waals surface area contributed by atoms with Crippen molar-refractivity contribution in [2.45, 2.75) is 32.7 Å². The summed E-state index contributed by atoms with van der Waals surface area (Å²) < 4.78 is 0.919. The summed E-state index contributed by atoms with van der Waals surface area (Å²) in [7, 11) is 0. The number of halogens is 1. The quantitative estimate of drug-likeness (QED) is 0.862. The molecule has 1 aromatic rings. The lowest BCUT2D eigenvalue weighted by atomic mass is 10.0. The molecule has 2 rings (SSSR count). The Morgan fingerprint density at radius 3 is 2.68 bits per heavy atom. The molecular weight excluding hydrogens is 308 g/mol. The minimum absolute atomic E-state index is 0.0837. The van der Waals surface area contributed by atoms with Crippen LogP contribution in [0.3, 0.4) is 0 Å². The molecule has 4 nitrogen and oxygen atoms in total. The summed E-state index contributed by atoms with van der Waals surface area (Å²) in [6.45, 7) is 5.84. The van der Waals surface area contributed by atoms with Crippen molar-refractivity contribution < 1.29 is 9.59 Å². The number of aryl methyl sites for hydroxylation is 1. The number of rotatable bonds is 1. The number of carbonyl (C=O) groups is 2. The molecule has 2 amide bonds. The average Bonchev–Trinajstić information content (AvgIpc) is 2.41.